The molecule has 1 N–H and O–H groups in total. The molecule has 1 aliphatic heterocycles. The van der Waals surface area contributed by atoms with E-state index in [9.17, 15) is 0 Å². The van der Waals surface area contributed by atoms with E-state index >= 15 is 0 Å². The summed E-state index contributed by atoms with van der Waals surface area (Å²) in [6.07, 6.45) is 11.4. The monoisotopic (exact) mass is 234 g/mol. The Hall–Kier alpha value is -0.900. The van der Waals surface area contributed by atoms with E-state index in [0.29, 0.717) is 12.0 Å². The first-order chi connectivity index (χ1) is 8.43. The van der Waals surface area contributed by atoms with E-state index in [0.717, 1.165) is 13.1 Å². The van der Waals surface area contributed by atoms with Crippen molar-refractivity contribution in [1.29, 1.82) is 0 Å². The average molecular weight is 234 g/mol. The van der Waals surface area contributed by atoms with Gasteiger partial charge < -0.3 is 5.32 Å². The molecule has 1 aliphatic carbocycles. The van der Waals surface area contributed by atoms with Crippen LogP contribution in [-0.2, 0) is 6.54 Å². The van der Waals surface area contributed by atoms with E-state index in [1.54, 1.807) is 0 Å². The maximum absolute atomic E-state index is 4.28. The largest absolute Gasteiger partial charge is 0.312 e. The van der Waals surface area contributed by atoms with Crippen LogP contribution in [0.1, 0.15) is 56.6 Å². The molecular weight excluding hydrogens is 212 g/mol. The third-order valence-electron chi connectivity index (χ3n) is 4.23. The van der Waals surface area contributed by atoms with Gasteiger partial charge in [-0.15, -0.1) is 5.10 Å². The zero-order valence-electron chi connectivity index (χ0n) is 10.4. The zero-order chi connectivity index (χ0) is 11.5. The minimum absolute atomic E-state index is 0.610. The van der Waals surface area contributed by atoms with Gasteiger partial charge in [-0.3, -0.25) is 0 Å². The number of hydrogen-bond donors (Lipinski definition) is 1. The standard InChI is InChI=1S/C13H22N4/c1-2-5-11(6-3-1)13-9-15-16-17(13)10-12-7-4-8-14-12/h9,11-12,14H,1-8,10H2. The molecule has 4 nitrogen and oxygen atoms in total. The lowest BCUT2D eigenvalue weighted by molar-refractivity contribution is 0.394. The normalized spacial score (nSPS) is 26.5. The predicted octanol–water partition coefficient (Wildman–Crippen LogP) is 2.08. The lowest BCUT2D eigenvalue weighted by Crippen LogP contribution is -2.28. The second kappa shape index (κ2) is 5.17. The minimum Gasteiger partial charge on any atom is -0.312 e. The molecule has 1 aromatic heterocycles. The highest BCUT2D eigenvalue weighted by Gasteiger charge is 2.22. The summed E-state index contributed by atoms with van der Waals surface area (Å²) in [5.41, 5.74) is 1.37. The topological polar surface area (TPSA) is 42.7 Å². The SMILES string of the molecule is c1nnn(CC2CCCN2)c1C1CCCCC1. The van der Waals surface area contributed by atoms with E-state index < -0.39 is 0 Å². The van der Waals surface area contributed by atoms with Crippen molar-refractivity contribution in [2.45, 2.75) is 63.5 Å². The second-order valence-electron chi connectivity index (χ2n) is 5.47. The molecule has 2 fully saturated rings. The number of nitrogens with zero attached hydrogens (tertiary/aromatic N) is 3. The van der Waals surface area contributed by atoms with E-state index in [1.807, 2.05) is 6.20 Å². The van der Waals surface area contributed by atoms with Crippen LogP contribution in [0.25, 0.3) is 0 Å². The summed E-state index contributed by atoms with van der Waals surface area (Å²) >= 11 is 0. The van der Waals surface area contributed by atoms with Gasteiger partial charge in [-0.05, 0) is 32.2 Å². The lowest BCUT2D eigenvalue weighted by Gasteiger charge is -2.22. The van der Waals surface area contributed by atoms with Crippen molar-refractivity contribution in [2.24, 2.45) is 0 Å². The van der Waals surface area contributed by atoms with Gasteiger partial charge in [0.2, 0.25) is 0 Å². The molecule has 94 valence electrons. The van der Waals surface area contributed by atoms with Gasteiger partial charge in [0.25, 0.3) is 0 Å². The van der Waals surface area contributed by atoms with Gasteiger partial charge in [0.15, 0.2) is 0 Å². The van der Waals surface area contributed by atoms with E-state index in [1.165, 1.54) is 50.6 Å². The minimum atomic E-state index is 0.610. The Morgan fingerprint density at radius 1 is 1.18 bits per heavy atom. The van der Waals surface area contributed by atoms with E-state index in [2.05, 4.69) is 20.3 Å². The van der Waals surface area contributed by atoms with E-state index in [4.69, 9.17) is 0 Å². The fourth-order valence-corrected chi connectivity index (χ4v) is 3.24. The summed E-state index contributed by atoms with van der Waals surface area (Å²) in [5.74, 6) is 0.708. The van der Waals surface area contributed by atoms with Crippen LogP contribution in [0.3, 0.4) is 0 Å². The van der Waals surface area contributed by atoms with E-state index in [-0.39, 0.29) is 0 Å². The molecule has 17 heavy (non-hydrogen) atoms. The molecule has 1 saturated heterocycles. The van der Waals surface area contributed by atoms with Crippen LogP contribution in [-0.4, -0.2) is 27.6 Å². The van der Waals surface area contributed by atoms with Crippen LogP contribution in [0, 0.1) is 0 Å². The maximum Gasteiger partial charge on any atom is 0.0728 e. The highest BCUT2D eigenvalue weighted by molar-refractivity contribution is 5.04. The predicted molar refractivity (Wildman–Crippen MR) is 66.9 cm³/mol. The molecule has 1 saturated carbocycles. The Morgan fingerprint density at radius 2 is 2.06 bits per heavy atom. The van der Waals surface area contributed by atoms with Crippen LogP contribution < -0.4 is 5.32 Å². The van der Waals surface area contributed by atoms with Crippen molar-refractivity contribution in [1.82, 2.24) is 20.3 Å². The van der Waals surface area contributed by atoms with Gasteiger partial charge in [-0.25, -0.2) is 4.68 Å². The van der Waals surface area contributed by atoms with Crippen LogP contribution in [0.2, 0.25) is 0 Å². The van der Waals surface area contributed by atoms with Gasteiger partial charge in [-0.2, -0.15) is 0 Å². The van der Waals surface area contributed by atoms with Crippen molar-refractivity contribution in [3.63, 3.8) is 0 Å². The fourth-order valence-electron chi connectivity index (χ4n) is 3.24. The van der Waals surface area contributed by atoms with Gasteiger partial charge in [0, 0.05) is 12.0 Å². The third-order valence-corrected chi connectivity index (χ3v) is 4.23. The third kappa shape index (κ3) is 2.51. The maximum atomic E-state index is 4.28. The summed E-state index contributed by atoms with van der Waals surface area (Å²) in [6, 6.07) is 0.610. The molecule has 4 heteroatoms. The fraction of sp³-hybridized carbons (Fsp3) is 0.846. The van der Waals surface area contributed by atoms with Crippen molar-refractivity contribution < 1.29 is 0 Å². The average Bonchev–Trinajstić information content (AvgIpc) is 3.02. The van der Waals surface area contributed by atoms with Gasteiger partial charge >= 0.3 is 0 Å². The molecule has 0 amide bonds. The van der Waals surface area contributed by atoms with Crippen LogP contribution in [0.5, 0.6) is 0 Å². The first kappa shape index (κ1) is 11.2. The first-order valence-corrected chi connectivity index (χ1v) is 7.05. The molecule has 2 aliphatic rings. The molecule has 3 rings (SSSR count). The molecule has 1 atom stereocenters. The van der Waals surface area contributed by atoms with Crippen molar-refractivity contribution >= 4 is 0 Å². The smallest absolute Gasteiger partial charge is 0.0728 e. The Morgan fingerprint density at radius 3 is 2.82 bits per heavy atom. The Labute approximate surface area is 103 Å². The number of hydrogen-bond acceptors (Lipinski definition) is 3. The molecular formula is C13H22N4. The molecule has 0 spiro atoms. The molecule has 1 unspecified atom stereocenters. The molecule has 0 radical (unpaired) electrons. The Bertz CT molecular complexity index is 348. The Balaban J connectivity index is 1.69. The molecule has 1 aromatic rings. The lowest BCUT2D eigenvalue weighted by atomic mass is 9.87. The summed E-state index contributed by atoms with van der Waals surface area (Å²) in [6.45, 7) is 2.17. The molecule has 2 heterocycles. The summed E-state index contributed by atoms with van der Waals surface area (Å²) < 4.78 is 2.15. The number of rotatable bonds is 3. The zero-order valence-corrected chi connectivity index (χ0v) is 10.4. The second-order valence-corrected chi connectivity index (χ2v) is 5.47. The number of nitrogens with one attached hydrogen (secondary N) is 1. The van der Waals surface area contributed by atoms with Crippen LogP contribution in [0.15, 0.2) is 6.20 Å². The summed E-state index contributed by atoms with van der Waals surface area (Å²) in [7, 11) is 0. The quantitative estimate of drug-likeness (QED) is 0.870. The Kier molecular flexibility index (Phi) is 3.41. The first-order valence-electron chi connectivity index (χ1n) is 7.05. The highest BCUT2D eigenvalue weighted by atomic mass is 15.4. The van der Waals surface area contributed by atoms with Crippen LogP contribution in [0.4, 0.5) is 0 Å². The van der Waals surface area contributed by atoms with Gasteiger partial charge in [0.05, 0.1) is 18.4 Å². The van der Waals surface area contributed by atoms with Crippen molar-refractivity contribution in [3.8, 4) is 0 Å². The van der Waals surface area contributed by atoms with Crippen molar-refractivity contribution in [2.75, 3.05) is 6.54 Å². The highest BCUT2D eigenvalue weighted by Crippen LogP contribution is 2.32. The molecule has 0 aromatic carbocycles. The van der Waals surface area contributed by atoms with Crippen LogP contribution >= 0.6 is 0 Å². The summed E-state index contributed by atoms with van der Waals surface area (Å²) in [4.78, 5) is 0. The van der Waals surface area contributed by atoms with Crippen molar-refractivity contribution in [3.05, 3.63) is 11.9 Å². The molecule has 0 bridgehead atoms. The number of aromatic nitrogens is 3. The van der Waals surface area contributed by atoms with Gasteiger partial charge in [0.1, 0.15) is 0 Å². The van der Waals surface area contributed by atoms with Gasteiger partial charge in [-0.1, -0.05) is 24.5 Å². The summed E-state index contributed by atoms with van der Waals surface area (Å²) in [5, 5.41) is 11.9.